The maximum absolute atomic E-state index is 2.33. The number of hydrogen-bond donors (Lipinski definition) is 0. The van der Waals surface area contributed by atoms with Gasteiger partial charge < -0.3 is 0 Å². The summed E-state index contributed by atoms with van der Waals surface area (Å²) in [5.74, 6) is 0. The largest absolute Gasteiger partial charge is 0.239 e. The molecule has 1 aliphatic rings. The molecule has 0 aliphatic carbocycles. The normalized spacial score (nSPS) is 13.0. The van der Waals surface area contributed by atoms with Crippen molar-refractivity contribution in [3.05, 3.63) is 167 Å². The molecule has 0 saturated heterocycles. The fourth-order valence-electron chi connectivity index (χ4n) is 4.61. The molecule has 1 aliphatic heterocycles. The fourth-order valence-corrected chi connectivity index (χ4v) is 6.88. The van der Waals surface area contributed by atoms with E-state index in [4.69, 9.17) is 0 Å². The van der Waals surface area contributed by atoms with Crippen LogP contribution in [-0.2, 0) is 0 Å². The van der Waals surface area contributed by atoms with Crippen LogP contribution in [0.25, 0.3) is 36.8 Å². The van der Waals surface area contributed by atoms with Crippen LogP contribution < -0.4 is 0 Å². The Bertz CT molecular complexity index is 1570. The molecule has 0 fully saturated rings. The van der Waals surface area contributed by atoms with Gasteiger partial charge in [-0.05, 0) is 78.6 Å². The molecule has 0 nitrogen and oxygen atoms in total. The molecule has 6 rings (SSSR count). The average molecular weight is 538 g/mol. The van der Waals surface area contributed by atoms with Gasteiger partial charge in [0.25, 0.3) is 0 Å². The highest BCUT2D eigenvalue weighted by Gasteiger charge is 2.19. The average Bonchev–Trinajstić information content (AvgIpc) is 2.98. The van der Waals surface area contributed by atoms with E-state index in [0.29, 0.717) is 0 Å². The Kier molecular flexibility index (Phi) is 7.40. The molecule has 5 aromatic rings. The standard InChI is InChI=1S/C37H29S2/c1-26-13-17-32(18-14-26)36-24-29(25-37(39-36)33-19-15-27(2)16-20-33)21-28-22-34(30-9-5-3-6-10-30)38-35(23-28)31-11-7-4-8-12-31/h3-25H,1-2H3/q+1. The number of thioether (sulfide) groups is 1. The summed E-state index contributed by atoms with van der Waals surface area (Å²) in [5.41, 5.74) is 9.94. The van der Waals surface area contributed by atoms with E-state index < -0.39 is 0 Å². The second-order valence-corrected chi connectivity index (χ2v) is 12.0. The van der Waals surface area contributed by atoms with Crippen LogP contribution in [0.5, 0.6) is 0 Å². The first-order valence-corrected chi connectivity index (χ1v) is 14.8. The van der Waals surface area contributed by atoms with E-state index in [2.05, 4.69) is 153 Å². The van der Waals surface area contributed by atoms with Gasteiger partial charge in [0.15, 0.2) is 0 Å². The van der Waals surface area contributed by atoms with Gasteiger partial charge in [-0.3, -0.25) is 0 Å². The third kappa shape index (κ3) is 6.04. The SMILES string of the molecule is Cc1ccc(C2=CC(=Cc3cc(-c4ccccc4)[s+]c(-c4ccccc4)c3)C=C(c3ccc(C)cc3)S2)cc1. The van der Waals surface area contributed by atoms with Gasteiger partial charge in [-0.2, -0.15) is 0 Å². The van der Waals surface area contributed by atoms with Crippen LogP contribution in [-0.4, -0.2) is 0 Å². The zero-order valence-electron chi connectivity index (χ0n) is 22.1. The van der Waals surface area contributed by atoms with E-state index >= 15 is 0 Å². The van der Waals surface area contributed by atoms with E-state index in [1.807, 2.05) is 23.1 Å². The molecule has 0 unspecified atom stereocenters. The second-order valence-electron chi connectivity index (χ2n) is 9.85. The molecule has 0 amide bonds. The second kappa shape index (κ2) is 11.4. The van der Waals surface area contributed by atoms with Crippen molar-refractivity contribution in [2.24, 2.45) is 0 Å². The first-order chi connectivity index (χ1) is 19.1. The Balaban J connectivity index is 1.49. The zero-order valence-corrected chi connectivity index (χ0v) is 23.7. The fraction of sp³-hybridized carbons (Fsp3) is 0.0541. The highest BCUT2D eigenvalue weighted by Crippen LogP contribution is 2.45. The maximum Gasteiger partial charge on any atom is 0.239 e. The van der Waals surface area contributed by atoms with Crippen LogP contribution in [0.4, 0.5) is 0 Å². The quantitative estimate of drug-likeness (QED) is 0.201. The lowest BCUT2D eigenvalue weighted by atomic mass is 10.0. The molecule has 2 heteroatoms. The molecule has 0 saturated carbocycles. The molecule has 4 aromatic carbocycles. The van der Waals surface area contributed by atoms with Crippen molar-refractivity contribution < 1.29 is 0 Å². The maximum atomic E-state index is 2.33. The molecular weight excluding hydrogens is 509 g/mol. The number of hydrogen-bond acceptors (Lipinski definition) is 1. The number of rotatable bonds is 5. The van der Waals surface area contributed by atoms with Crippen LogP contribution in [0.3, 0.4) is 0 Å². The minimum atomic E-state index is 1.20. The molecule has 0 radical (unpaired) electrons. The van der Waals surface area contributed by atoms with Crippen LogP contribution in [0.1, 0.15) is 27.8 Å². The van der Waals surface area contributed by atoms with Crippen molar-refractivity contribution in [1.82, 2.24) is 0 Å². The van der Waals surface area contributed by atoms with E-state index in [1.165, 1.54) is 64.1 Å². The lowest BCUT2D eigenvalue weighted by Gasteiger charge is -2.17. The third-order valence-electron chi connectivity index (χ3n) is 6.75. The van der Waals surface area contributed by atoms with Gasteiger partial charge in [-0.15, -0.1) is 0 Å². The molecule has 2 heterocycles. The van der Waals surface area contributed by atoms with Crippen molar-refractivity contribution in [3.63, 3.8) is 0 Å². The van der Waals surface area contributed by atoms with Crippen LogP contribution in [0.15, 0.2) is 139 Å². The summed E-state index contributed by atoms with van der Waals surface area (Å²) in [6.07, 6.45) is 6.98. The summed E-state index contributed by atoms with van der Waals surface area (Å²) in [4.78, 5) is 5.06. The van der Waals surface area contributed by atoms with Crippen molar-refractivity contribution in [2.45, 2.75) is 13.8 Å². The molecule has 0 N–H and O–H groups in total. The summed E-state index contributed by atoms with van der Waals surface area (Å²) in [7, 11) is 0. The molecule has 0 spiro atoms. The number of benzene rings is 4. The van der Waals surface area contributed by atoms with Gasteiger partial charge in [0.05, 0.1) is 0 Å². The van der Waals surface area contributed by atoms with Gasteiger partial charge in [-0.1, -0.05) is 108 Å². The lowest BCUT2D eigenvalue weighted by molar-refractivity contribution is 1.46. The molecule has 0 bridgehead atoms. The number of aryl methyl sites for hydroxylation is 2. The van der Waals surface area contributed by atoms with E-state index in [9.17, 15) is 0 Å². The summed E-state index contributed by atoms with van der Waals surface area (Å²) in [6, 6.07) is 43.7. The van der Waals surface area contributed by atoms with Gasteiger partial charge >= 0.3 is 0 Å². The molecular formula is C37H29S2+. The van der Waals surface area contributed by atoms with Crippen molar-refractivity contribution in [1.29, 1.82) is 0 Å². The van der Waals surface area contributed by atoms with Crippen molar-refractivity contribution in [3.8, 4) is 20.9 Å². The summed E-state index contributed by atoms with van der Waals surface area (Å²) in [5, 5.41) is 0. The molecule has 39 heavy (non-hydrogen) atoms. The zero-order chi connectivity index (χ0) is 26.6. The highest BCUT2D eigenvalue weighted by molar-refractivity contribution is 8.16. The third-order valence-corrected chi connectivity index (χ3v) is 9.05. The minimum Gasteiger partial charge on any atom is -0.0888 e. The Labute approximate surface area is 239 Å². The molecule has 188 valence electrons. The monoisotopic (exact) mass is 537 g/mol. The molecule has 0 atom stereocenters. The first kappa shape index (κ1) is 25.3. The first-order valence-electron chi connectivity index (χ1n) is 13.2. The highest BCUT2D eigenvalue weighted by atomic mass is 32.2. The van der Waals surface area contributed by atoms with E-state index in [0.717, 1.165) is 0 Å². The predicted molar refractivity (Wildman–Crippen MR) is 173 cm³/mol. The molecule has 1 aromatic heterocycles. The Morgan fingerprint density at radius 1 is 0.513 bits per heavy atom. The topological polar surface area (TPSA) is 0 Å². The van der Waals surface area contributed by atoms with Crippen molar-refractivity contribution in [2.75, 3.05) is 0 Å². The number of allylic oxidation sites excluding steroid dienone is 3. The smallest absolute Gasteiger partial charge is 0.0888 e. The minimum absolute atomic E-state index is 1.20. The predicted octanol–water partition coefficient (Wildman–Crippen LogP) is 11.2. The Morgan fingerprint density at radius 3 is 1.38 bits per heavy atom. The lowest BCUT2D eigenvalue weighted by Crippen LogP contribution is -1.92. The van der Waals surface area contributed by atoms with Gasteiger partial charge in [0.1, 0.15) is 0 Å². The summed E-state index contributed by atoms with van der Waals surface area (Å²) < 4.78 is 0. The van der Waals surface area contributed by atoms with Crippen LogP contribution >= 0.6 is 23.1 Å². The van der Waals surface area contributed by atoms with E-state index in [1.54, 1.807) is 0 Å². The van der Waals surface area contributed by atoms with Crippen LogP contribution in [0.2, 0.25) is 0 Å². The summed E-state index contributed by atoms with van der Waals surface area (Å²) >= 11 is 3.69. The van der Waals surface area contributed by atoms with Crippen LogP contribution in [0, 0.1) is 13.8 Å². The van der Waals surface area contributed by atoms with Gasteiger partial charge in [0.2, 0.25) is 21.1 Å². The summed E-state index contributed by atoms with van der Waals surface area (Å²) in [6.45, 7) is 4.28. The van der Waals surface area contributed by atoms with E-state index in [-0.39, 0.29) is 0 Å². The van der Waals surface area contributed by atoms with Gasteiger partial charge in [-0.25, -0.2) is 0 Å². The Morgan fingerprint density at radius 2 is 0.949 bits per heavy atom. The van der Waals surface area contributed by atoms with Gasteiger partial charge in [0, 0.05) is 33.1 Å². The van der Waals surface area contributed by atoms with Crippen molar-refractivity contribution >= 4 is 39.0 Å². The Hall–Kier alpha value is -3.98.